The Balaban J connectivity index is 2.00. The van der Waals surface area contributed by atoms with E-state index in [4.69, 9.17) is 0 Å². The van der Waals surface area contributed by atoms with Crippen LogP contribution in [-0.2, 0) is 4.79 Å². The molecule has 0 aromatic carbocycles. The maximum atomic E-state index is 11.8. The van der Waals surface area contributed by atoms with Gasteiger partial charge in [-0.15, -0.1) is 0 Å². The molecule has 3 nitrogen and oxygen atoms in total. The number of carbonyl (C=O) groups excluding carboxylic acids is 1. The largest absolute Gasteiger partial charge is 0.326 e. The molecular formula is C11H20N2O. The van der Waals surface area contributed by atoms with Crippen LogP contribution in [0.4, 0.5) is 0 Å². The molecule has 1 saturated carbocycles. The number of hydrogen-bond acceptors (Lipinski definition) is 2. The summed E-state index contributed by atoms with van der Waals surface area (Å²) in [6.07, 6.45) is 4.10. The average molecular weight is 196 g/mol. The molecule has 80 valence electrons. The van der Waals surface area contributed by atoms with Crippen LogP contribution in [0.2, 0.25) is 0 Å². The molecule has 1 amide bonds. The summed E-state index contributed by atoms with van der Waals surface area (Å²) < 4.78 is 0. The first-order chi connectivity index (χ1) is 6.52. The van der Waals surface area contributed by atoms with E-state index in [9.17, 15) is 4.79 Å². The summed E-state index contributed by atoms with van der Waals surface area (Å²) in [6, 6.07) is 0.00803. The third-order valence-corrected chi connectivity index (χ3v) is 3.72. The van der Waals surface area contributed by atoms with Gasteiger partial charge in [-0.25, -0.2) is 0 Å². The molecule has 1 aliphatic carbocycles. The lowest BCUT2D eigenvalue weighted by Gasteiger charge is -2.42. The van der Waals surface area contributed by atoms with Crippen LogP contribution < -0.4 is 5.32 Å². The molecule has 2 unspecified atom stereocenters. The van der Waals surface area contributed by atoms with Gasteiger partial charge in [-0.1, -0.05) is 13.3 Å². The van der Waals surface area contributed by atoms with Gasteiger partial charge in [0.1, 0.15) is 0 Å². The Morgan fingerprint density at radius 2 is 2.14 bits per heavy atom. The molecule has 0 spiro atoms. The van der Waals surface area contributed by atoms with Crippen molar-refractivity contribution in [3.05, 3.63) is 0 Å². The van der Waals surface area contributed by atoms with Crippen molar-refractivity contribution < 1.29 is 4.79 Å². The highest BCUT2D eigenvalue weighted by atomic mass is 16.2. The molecule has 0 aromatic rings. The molecule has 1 heterocycles. The molecule has 2 fully saturated rings. The van der Waals surface area contributed by atoms with Gasteiger partial charge in [-0.2, -0.15) is 0 Å². The van der Waals surface area contributed by atoms with Crippen molar-refractivity contribution in [2.45, 2.75) is 52.2 Å². The third kappa shape index (κ3) is 1.54. The van der Waals surface area contributed by atoms with Gasteiger partial charge in [0, 0.05) is 6.54 Å². The number of nitrogens with one attached hydrogen (secondary N) is 1. The first kappa shape index (κ1) is 9.97. The van der Waals surface area contributed by atoms with Crippen LogP contribution in [0.1, 0.15) is 40.0 Å². The van der Waals surface area contributed by atoms with Gasteiger partial charge in [0.05, 0.1) is 12.2 Å². The zero-order chi connectivity index (χ0) is 10.3. The van der Waals surface area contributed by atoms with E-state index in [1.165, 1.54) is 19.3 Å². The number of nitrogens with zero attached hydrogens (tertiary/aromatic N) is 1. The van der Waals surface area contributed by atoms with Crippen LogP contribution in [0.15, 0.2) is 0 Å². The minimum Gasteiger partial charge on any atom is -0.326 e. The summed E-state index contributed by atoms with van der Waals surface area (Å²) in [4.78, 5) is 13.8. The predicted octanol–water partition coefficient (Wildman–Crippen LogP) is 1.34. The number of hydrogen-bond donors (Lipinski definition) is 1. The highest BCUT2D eigenvalue weighted by Gasteiger charge is 2.40. The Labute approximate surface area is 85.8 Å². The van der Waals surface area contributed by atoms with Crippen LogP contribution in [0.3, 0.4) is 0 Å². The molecular weight excluding hydrogens is 176 g/mol. The number of rotatable bonds is 2. The molecule has 2 rings (SSSR count). The number of amides is 1. The van der Waals surface area contributed by atoms with Crippen LogP contribution in [0.5, 0.6) is 0 Å². The van der Waals surface area contributed by atoms with Crippen molar-refractivity contribution in [2.75, 3.05) is 6.54 Å². The molecule has 1 aliphatic heterocycles. The second-order valence-electron chi connectivity index (χ2n) is 5.19. The molecule has 0 radical (unpaired) electrons. The van der Waals surface area contributed by atoms with Gasteiger partial charge in [0.2, 0.25) is 5.91 Å². The lowest BCUT2D eigenvalue weighted by molar-refractivity contribution is -0.131. The maximum Gasteiger partial charge on any atom is 0.240 e. The van der Waals surface area contributed by atoms with Crippen molar-refractivity contribution in [3.63, 3.8) is 0 Å². The first-order valence-electron chi connectivity index (χ1n) is 5.58. The molecule has 1 N–H and O–H groups in total. The first-order valence-corrected chi connectivity index (χ1v) is 5.58. The quantitative estimate of drug-likeness (QED) is 0.723. The van der Waals surface area contributed by atoms with Gasteiger partial charge in [-0.05, 0) is 32.1 Å². The summed E-state index contributed by atoms with van der Waals surface area (Å²) in [5, 5.41) is 3.26. The van der Waals surface area contributed by atoms with Crippen molar-refractivity contribution in [2.24, 2.45) is 5.41 Å². The van der Waals surface area contributed by atoms with E-state index in [2.05, 4.69) is 19.2 Å². The second kappa shape index (κ2) is 3.23. The fourth-order valence-electron chi connectivity index (χ4n) is 2.53. The highest BCUT2D eigenvalue weighted by Crippen LogP contribution is 2.41. The lowest BCUT2D eigenvalue weighted by atomic mass is 9.70. The van der Waals surface area contributed by atoms with Gasteiger partial charge in [-0.3, -0.25) is 10.1 Å². The highest BCUT2D eigenvalue weighted by molar-refractivity contribution is 5.83. The fourth-order valence-corrected chi connectivity index (χ4v) is 2.53. The van der Waals surface area contributed by atoms with E-state index in [0.29, 0.717) is 5.41 Å². The maximum absolute atomic E-state index is 11.8. The Morgan fingerprint density at radius 3 is 2.50 bits per heavy atom. The minimum atomic E-state index is 0.00803. The number of carbonyl (C=O) groups is 1. The molecule has 3 heteroatoms. The average Bonchev–Trinajstić information content (AvgIpc) is 2.29. The normalized spacial score (nSPS) is 35.9. The van der Waals surface area contributed by atoms with Crippen LogP contribution >= 0.6 is 0 Å². The van der Waals surface area contributed by atoms with Crippen LogP contribution in [0, 0.1) is 5.41 Å². The van der Waals surface area contributed by atoms with Crippen molar-refractivity contribution in [1.82, 2.24) is 10.2 Å². The van der Waals surface area contributed by atoms with Gasteiger partial charge in [0.15, 0.2) is 0 Å². The molecule has 0 bridgehead atoms. The SMILES string of the molecule is CC1NC(C)N(CC2(C)CCC2)C1=O. The van der Waals surface area contributed by atoms with E-state index >= 15 is 0 Å². The van der Waals surface area contributed by atoms with Gasteiger partial charge >= 0.3 is 0 Å². The summed E-state index contributed by atoms with van der Waals surface area (Å²) >= 11 is 0. The predicted molar refractivity (Wildman–Crippen MR) is 55.7 cm³/mol. The minimum absolute atomic E-state index is 0.00803. The van der Waals surface area contributed by atoms with Gasteiger partial charge < -0.3 is 4.90 Å². The molecule has 2 aliphatic rings. The standard InChI is InChI=1S/C11H20N2O/c1-8-10(14)13(9(2)12-8)7-11(3)5-4-6-11/h8-9,12H,4-7H2,1-3H3. The summed E-state index contributed by atoms with van der Waals surface area (Å²) in [6.45, 7) is 7.25. The topological polar surface area (TPSA) is 32.3 Å². The fraction of sp³-hybridized carbons (Fsp3) is 0.909. The van der Waals surface area contributed by atoms with Gasteiger partial charge in [0.25, 0.3) is 0 Å². The smallest absolute Gasteiger partial charge is 0.240 e. The Hall–Kier alpha value is -0.570. The summed E-state index contributed by atoms with van der Waals surface area (Å²) in [5.41, 5.74) is 0.398. The summed E-state index contributed by atoms with van der Waals surface area (Å²) in [5.74, 6) is 0.269. The second-order valence-corrected chi connectivity index (χ2v) is 5.19. The van der Waals surface area contributed by atoms with E-state index in [1.54, 1.807) is 0 Å². The van der Waals surface area contributed by atoms with E-state index < -0.39 is 0 Å². The monoisotopic (exact) mass is 196 g/mol. The van der Waals surface area contributed by atoms with E-state index in [1.807, 2.05) is 11.8 Å². The third-order valence-electron chi connectivity index (χ3n) is 3.72. The van der Waals surface area contributed by atoms with Crippen LogP contribution in [0.25, 0.3) is 0 Å². The zero-order valence-electron chi connectivity index (χ0n) is 9.34. The summed E-state index contributed by atoms with van der Waals surface area (Å²) in [7, 11) is 0. The van der Waals surface area contributed by atoms with Crippen molar-refractivity contribution >= 4 is 5.91 Å². The van der Waals surface area contributed by atoms with Crippen LogP contribution in [-0.4, -0.2) is 29.6 Å². The Kier molecular flexibility index (Phi) is 2.30. The van der Waals surface area contributed by atoms with Crippen molar-refractivity contribution in [1.29, 1.82) is 0 Å². The Bertz CT molecular complexity index is 248. The zero-order valence-corrected chi connectivity index (χ0v) is 9.34. The molecule has 1 saturated heterocycles. The Morgan fingerprint density at radius 1 is 1.50 bits per heavy atom. The lowest BCUT2D eigenvalue weighted by Crippen LogP contribution is -2.45. The molecule has 2 atom stereocenters. The molecule has 14 heavy (non-hydrogen) atoms. The van der Waals surface area contributed by atoms with E-state index in [0.717, 1.165) is 6.54 Å². The van der Waals surface area contributed by atoms with E-state index in [-0.39, 0.29) is 18.1 Å². The van der Waals surface area contributed by atoms with Crippen molar-refractivity contribution in [3.8, 4) is 0 Å². The molecule has 0 aromatic heterocycles.